The van der Waals surface area contributed by atoms with Gasteiger partial charge in [-0.2, -0.15) is 0 Å². The molecule has 4 heteroatoms. The molecule has 3 rings (SSSR count). The molecule has 72 valence electrons. The van der Waals surface area contributed by atoms with Crippen LogP contribution in [0.25, 0.3) is 22.2 Å². The average Bonchev–Trinajstić information content (AvgIpc) is 2.78. The highest BCUT2D eigenvalue weighted by Crippen LogP contribution is 2.24. The van der Waals surface area contributed by atoms with Crippen molar-refractivity contribution in [1.29, 1.82) is 0 Å². The number of nitrogens with zero attached hydrogens (tertiary/aromatic N) is 3. The van der Waals surface area contributed by atoms with Crippen molar-refractivity contribution in [2.75, 3.05) is 0 Å². The van der Waals surface area contributed by atoms with Gasteiger partial charge in [-0.15, -0.1) is 10.2 Å². The Kier molecular flexibility index (Phi) is 1.71. The Morgan fingerprint density at radius 3 is 2.93 bits per heavy atom. The van der Waals surface area contributed by atoms with E-state index < -0.39 is 0 Å². The van der Waals surface area contributed by atoms with E-state index in [2.05, 4.69) is 26.5 Å². The van der Waals surface area contributed by atoms with Crippen LogP contribution in [-0.4, -0.2) is 20.4 Å². The topological polar surface area (TPSA) is 54.5 Å². The molecule has 0 bridgehead atoms. The summed E-state index contributed by atoms with van der Waals surface area (Å²) in [7, 11) is 0. The normalized spacial score (nSPS) is 10.7. The molecule has 0 spiro atoms. The Bertz CT molecular complexity index is 586. The average molecular weight is 196 g/mol. The molecule has 0 aliphatic rings. The van der Waals surface area contributed by atoms with Gasteiger partial charge in [-0.05, 0) is 17.3 Å². The number of nitrogens with one attached hydrogen (secondary N) is 1. The highest BCUT2D eigenvalue weighted by molar-refractivity contribution is 5.92. The van der Waals surface area contributed by atoms with Crippen molar-refractivity contribution >= 4 is 10.9 Å². The molecule has 0 saturated carbocycles. The van der Waals surface area contributed by atoms with Crippen LogP contribution >= 0.6 is 0 Å². The summed E-state index contributed by atoms with van der Waals surface area (Å²) in [6.45, 7) is 0. The predicted molar refractivity (Wildman–Crippen MR) is 57.1 cm³/mol. The third-order valence-electron chi connectivity index (χ3n) is 2.37. The number of hydrogen-bond acceptors (Lipinski definition) is 3. The third kappa shape index (κ3) is 1.27. The summed E-state index contributed by atoms with van der Waals surface area (Å²) in [6, 6.07) is 9.97. The molecule has 4 nitrogen and oxygen atoms in total. The van der Waals surface area contributed by atoms with Gasteiger partial charge in [-0.25, -0.2) is 0 Å². The molecule has 0 saturated heterocycles. The lowest BCUT2D eigenvalue weighted by molar-refractivity contribution is 0.871. The van der Waals surface area contributed by atoms with E-state index >= 15 is 0 Å². The molecule has 1 N–H and O–H groups in total. The highest BCUT2D eigenvalue weighted by atomic mass is 15.3. The first kappa shape index (κ1) is 8.11. The Balaban J connectivity index is 2.31. The Morgan fingerprint density at radius 2 is 2.07 bits per heavy atom. The number of H-pyrrole nitrogens is 1. The smallest absolute Gasteiger partial charge is 0.0984 e. The van der Waals surface area contributed by atoms with Crippen LogP contribution in [0.1, 0.15) is 0 Å². The number of rotatable bonds is 1. The molecule has 3 aromatic rings. The van der Waals surface area contributed by atoms with Gasteiger partial charge in [-0.1, -0.05) is 18.2 Å². The molecule has 1 aromatic carbocycles. The summed E-state index contributed by atoms with van der Waals surface area (Å²) in [6.07, 6.45) is 3.56. The summed E-state index contributed by atoms with van der Waals surface area (Å²) < 4.78 is 0. The number of benzene rings is 1. The van der Waals surface area contributed by atoms with Gasteiger partial charge >= 0.3 is 0 Å². The minimum Gasteiger partial charge on any atom is -0.361 e. The van der Waals surface area contributed by atoms with E-state index in [4.69, 9.17) is 0 Å². The first-order valence-electron chi connectivity index (χ1n) is 4.66. The van der Waals surface area contributed by atoms with Crippen molar-refractivity contribution in [3.8, 4) is 11.3 Å². The molecule has 15 heavy (non-hydrogen) atoms. The predicted octanol–water partition coefficient (Wildman–Crippen LogP) is 2.02. The van der Waals surface area contributed by atoms with Crippen LogP contribution in [0.4, 0.5) is 0 Å². The van der Waals surface area contributed by atoms with E-state index in [1.54, 1.807) is 6.20 Å². The van der Waals surface area contributed by atoms with Gasteiger partial charge in [0.05, 0.1) is 17.4 Å². The molecule has 0 aliphatic carbocycles. The van der Waals surface area contributed by atoms with Crippen molar-refractivity contribution < 1.29 is 0 Å². The van der Waals surface area contributed by atoms with Crippen LogP contribution in [0.5, 0.6) is 0 Å². The molecule has 0 atom stereocenters. The summed E-state index contributed by atoms with van der Waals surface area (Å²) in [4.78, 5) is 3.20. The van der Waals surface area contributed by atoms with E-state index in [0.717, 1.165) is 16.8 Å². The maximum atomic E-state index is 4.00. The first-order chi connectivity index (χ1) is 7.45. The highest BCUT2D eigenvalue weighted by Gasteiger charge is 2.04. The van der Waals surface area contributed by atoms with Crippen molar-refractivity contribution in [3.05, 3.63) is 42.7 Å². The van der Waals surface area contributed by atoms with Gasteiger partial charge in [0, 0.05) is 17.1 Å². The second-order valence-corrected chi connectivity index (χ2v) is 3.25. The quantitative estimate of drug-likeness (QED) is 0.647. The Labute approximate surface area is 86.0 Å². The van der Waals surface area contributed by atoms with Gasteiger partial charge in [0.25, 0.3) is 0 Å². The zero-order chi connectivity index (χ0) is 10.1. The zero-order valence-electron chi connectivity index (χ0n) is 7.88. The number of hydrogen-bond donors (Lipinski definition) is 1. The zero-order valence-corrected chi connectivity index (χ0v) is 7.88. The van der Waals surface area contributed by atoms with Gasteiger partial charge in [0.2, 0.25) is 0 Å². The van der Waals surface area contributed by atoms with Gasteiger partial charge in [-0.3, -0.25) is 0 Å². The Hall–Kier alpha value is -2.23. The van der Waals surface area contributed by atoms with E-state index in [0.29, 0.717) is 0 Å². The monoisotopic (exact) mass is 196 g/mol. The van der Waals surface area contributed by atoms with Crippen LogP contribution in [0.3, 0.4) is 0 Å². The van der Waals surface area contributed by atoms with Crippen LogP contribution in [0, 0.1) is 0 Å². The third-order valence-corrected chi connectivity index (χ3v) is 2.37. The fraction of sp³-hybridized carbons (Fsp3) is 0. The molecule has 0 unspecified atom stereocenters. The van der Waals surface area contributed by atoms with Crippen LogP contribution in [-0.2, 0) is 0 Å². The molecule has 0 fully saturated rings. The van der Waals surface area contributed by atoms with Crippen LogP contribution in [0.15, 0.2) is 42.7 Å². The minimum atomic E-state index is 0.832. The summed E-state index contributed by atoms with van der Waals surface area (Å²) >= 11 is 0. The van der Waals surface area contributed by atoms with Crippen LogP contribution in [0.2, 0.25) is 0 Å². The number of fused-ring (bicyclic) bond motifs is 1. The van der Waals surface area contributed by atoms with E-state index in [-0.39, 0.29) is 0 Å². The molecule has 0 aliphatic heterocycles. The van der Waals surface area contributed by atoms with Crippen molar-refractivity contribution in [2.45, 2.75) is 0 Å². The minimum absolute atomic E-state index is 0.832. The molecular weight excluding hydrogens is 188 g/mol. The largest absolute Gasteiger partial charge is 0.361 e. The summed E-state index contributed by atoms with van der Waals surface area (Å²) in [5, 5.41) is 12.5. The van der Waals surface area contributed by atoms with Crippen molar-refractivity contribution in [1.82, 2.24) is 20.4 Å². The number of aromatic nitrogens is 4. The standard InChI is InChI=1S/C11H8N4/c1-2-8-4-6-12-11(8)9(3-1)10-5-7-13-15-14-10/h1-7,12H. The van der Waals surface area contributed by atoms with Gasteiger partial charge < -0.3 is 4.98 Å². The molecule has 2 heterocycles. The van der Waals surface area contributed by atoms with Crippen molar-refractivity contribution in [2.24, 2.45) is 0 Å². The maximum Gasteiger partial charge on any atom is 0.0984 e. The molecule has 0 amide bonds. The lowest BCUT2D eigenvalue weighted by Gasteiger charge is -2.00. The van der Waals surface area contributed by atoms with E-state index in [1.165, 1.54) is 5.39 Å². The fourth-order valence-corrected chi connectivity index (χ4v) is 1.68. The van der Waals surface area contributed by atoms with E-state index in [9.17, 15) is 0 Å². The SMILES string of the molecule is c1cc(-c2ccnnn2)c2[nH]ccc2c1. The van der Waals surface area contributed by atoms with E-state index in [1.807, 2.05) is 30.5 Å². The maximum absolute atomic E-state index is 4.00. The second-order valence-electron chi connectivity index (χ2n) is 3.25. The van der Waals surface area contributed by atoms with Gasteiger partial charge in [0.1, 0.15) is 0 Å². The van der Waals surface area contributed by atoms with Gasteiger partial charge in [0.15, 0.2) is 0 Å². The molecule has 2 aromatic heterocycles. The first-order valence-corrected chi connectivity index (χ1v) is 4.66. The lowest BCUT2D eigenvalue weighted by Crippen LogP contribution is -1.89. The lowest BCUT2D eigenvalue weighted by atomic mass is 10.1. The molecule has 0 radical (unpaired) electrons. The van der Waals surface area contributed by atoms with Crippen molar-refractivity contribution in [3.63, 3.8) is 0 Å². The second kappa shape index (κ2) is 3.16. The Morgan fingerprint density at radius 1 is 1.07 bits per heavy atom. The fourth-order valence-electron chi connectivity index (χ4n) is 1.68. The summed E-state index contributed by atoms with van der Waals surface area (Å²) in [5.74, 6) is 0. The summed E-state index contributed by atoms with van der Waals surface area (Å²) in [5.41, 5.74) is 2.96. The number of aromatic amines is 1. The van der Waals surface area contributed by atoms with Crippen LogP contribution < -0.4 is 0 Å². The number of para-hydroxylation sites is 1. The molecular formula is C11H8N4.